The van der Waals surface area contributed by atoms with Crippen LogP contribution in [0.1, 0.15) is 65.5 Å². The van der Waals surface area contributed by atoms with Crippen LogP contribution in [-0.2, 0) is 5.41 Å². The minimum absolute atomic E-state index is 0.0406. The minimum Gasteiger partial charge on any atom is -0.309 e. The molecule has 0 aliphatic heterocycles. The zero-order valence-electron chi connectivity index (χ0n) is 32.9. The fourth-order valence-electron chi connectivity index (χ4n) is 11.0. The van der Waals surface area contributed by atoms with Gasteiger partial charge in [0, 0.05) is 22.3 Å². The molecule has 0 spiro atoms. The molecule has 1 nitrogen and oxygen atoms in total. The summed E-state index contributed by atoms with van der Waals surface area (Å²) in [4.78, 5) is 2.50. The van der Waals surface area contributed by atoms with Gasteiger partial charge in [0.05, 0.1) is 5.69 Å². The highest BCUT2D eigenvalue weighted by Crippen LogP contribution is 2.64. The van der Waals surface area contributed by atoms with Crippen LogP contribution in [0.3, 0.4) is 0 Å². The van der Waals surface area contributed by atoms with E-state index in [-0.39, 0.29) is 16.2 Å². The summed E-state index contributed by atoms with van der Waals surface area (Å²) < 4.78 is 0. The summed E-state index contributed by atoms with van der Waals surface area (Å²) in [5.74, 6) is 0.451. The second kappa shape index (κ2) is 12.2. The number of hydrogen-bond acceptors (Lipinski definition) is 1. The van der Waals surface area contributed by atoms with Gasteiger partial charge in [-0.15, -0.1) is 0 Å². The predicted molar refractivity (Wildman–Crippen MR) is 235 cm³/mol. The Morgan fingerprint density at radius 1 is 0.509 bits per heavy atom. The molecule has 0 aromatic heterocycles. The van der Waals surface area contributed by atoms with Gasteiger partial charge in [-0.3, -0.25) is 0 Å². The molecule has 0 radical (unpaired) electrons. The van der Waals surface area contributed by atoms with Gasteiger partial charge >= 0.3 is 0 Å². The van der Waals surface area contributed by atoms with Crippen LogP contribution in [0.25, 0.3) is 49.4 Å². The standard InChI is InChI=1S/C54H49N/c1-52(2)34-53(3,4)49-33-47-46(32-48(49)52)44-22-14-21-43(50(44)54(47,5)6)45-30-27-37-16-12-13-20-42(37)51(45)55(40-18-8-7-9-19-40)41-28-25-36(26-29-41)39-24-23-35-15-10-11-17-38(35)31-39/h7-32,47H,33-34H2,1-6H3. The number of hydrogen-bond donors (Lipinski definition) is 0. The maximum Gasteiger partial charge on any atom is 0.0618 e. The van der Waals surface area contributed by atoms with Gasteiger partial charge in [-0.05, 0) is 120 Å². The fraction of sp³-hybridized carbons (Fsp3) is 0.222. The summed E-state index contributed by atoms with van der Waals surface area (Å²) in [6, 6.07) is 56.2. The Balaban J connectivity index is 1.17. The first-order valence-corrected chi connectivity index (χ1v) is 20.1. The third kappa shape index (κ3) is 5.27. The maximum atomic E-state index is 2.63. The van der Waals surface area contributed by atoms with Gasteiger partial charge in [0.2, 0.25) is 0 Å². The molecule has 55 heavy (non-hydrogen) atoms. The van der Waals surface area contributed by atoms with Crippen molar-refractivity contribution in [3.05, 3.63) is 180 Å². The average molecular weight is 712 g/mol. The second-order valence-corrected chi connectivity index (χ2v) is 18.1. The molecule has 10 rings (SSSR count). The van der Waals surface area contributed by atoms with Crippen LogP contribution >= 0.6 is 0 Å². The number of nitrogens with zero attached hydrogens (tertiary/aromatic N) is 1. The summed E-state index contributed by atoms with van der Waals surface area (Å²) in [6.45, 7) is 14.9. The first kappa shape index (κ1) is 33.9. The highest BCUT2D eigenvalue weighted by Gasteiger charge is 2.52. The molecule has 1 heteroatoms. The largest absolute Gasteiger partial charge is 0.309 e. The predicted octanol–water partition coefficient (Wildman–Crippen LogP) is 15.2. The van der Waals surface area contributed by atoms with Gasteiger partial charge < -0.3 is 4.90 Å². The average Bonchev–Trinajstić information content (AvgIpc) is 3.54. The van der Waals surface area contributed by atoms with Gasteiger partial charge in [-0.1, -0.05) is 175 Å². The van der Waals surface area contributed by atoms with E-state index >= 15 is 0 Å². The number of allylic oxidation sites excluding steroid dienone is 4. The number of anilines is 3. The van der Waals surface area contributed by atoms with E-state index in [0.29, 0.717) is 5.92 Å². The Morgan fingerprint density at radius 2 is 1.15 bits per heavy atom. The zero-order chi connectivity index (χ0) is 37.7. The Bertz CT molecular complexity index is 2720. The summed E-state index contributed by atoms with van der Waals surface area (Å²) in [5, 5.41) is 5.01. The molecule has 270 valence electrons. The fourth-order valence-corrected chi connectivity index (χ4v) is 11.0. The highest BCUT2D eigenvalue weighted by atomic mass is 15.1. The lowest BCUT2D eigenvalue weighted by Crippen LogP contribution is -2.28. The van der Waals surface area contributed by atoms with Crippen molar-refractivity contribution in [2.24, 2.45) is 16.7 Å². The van der Waals surface area contributed by atoms with Crippen LogP contribution in [0.15, 0.2) is 169 Å². The van der Waals surface area contributed by atoms with Gasteiger partial charge in [-0.25, -0.2) is 0 Å². The molecule has 7 aromatic carbocycles. The van der Waals surface area contributed by atoms with Crippen molar-refractivity contribution >= 4 is 44.2 Å². The van der Waals surface area contributed by atoms with Crippen LogP contribution < -0.4 is 4.90 Å². The van der Waals surface area contributed by atoms with Gasteiger partial charge in [0.15, 0.2) is 0 Å². The molecule has 7 aromatic rings. The van der Waals surface area contributed by atoms with E-state index in [1.807, 2.05) is 0 Å². The van der Waals surface area contributed by atoms with Crippen LogP contribution in [0.5, 0.6) is 0 Å². The van der Waals surface area contributed by atoms with Crippen molar-refractivity contribution in [2.45, 2.75) is 59.8 Å². The molecule has 1 unspecified atom stereocenters. The van der Waals surface area contributed by atoms with Crippen LogP contribution in [0.4, 0.5) is 17.1 Å². The molecule has 0 saturated carbocycles. The Hall–Kier alpha value is -5.66. The summed E-state index contributed by atoms with van der Waals surface area (Å²) in [7, 11) is 0. The lowest BCUT2D eigenvalue weighted by molar-refractivity contribution is 0.307. The van der Waals surface area contributed by atoms with E-state index in [1.54, 1.807) is 11.1 Å². The number of rotatable bonds is 5. The zero-order valence-corrected chi connectivity index (χ0v) is 32.9. The molecule has 0 fully saturated rings. The van der Waals surface area contributed by atoms with Gasteiger partial charge in [0.25, 0.3) is 0 Å². The third-order valence-electron chi connectivity index (χ3n) is 13.4. The summed E-state index contributed by atoms with van der Waals surface area (Å²) >= 11 is 0. The normalized spacial score (nSPS) is 18.9. The number of para-hydroxylation sites is 1. The lowest BCUT2D eigenvalue weighted by atomic mass is 9.68. The third-order valence-corrected chi connectivity index (χ3v) is 13.4. The van der Waals surface area contributed by atoms with Crippen LogP contribution in [0, 0.1) is 16.7 Å². The Kier molecular flexibility index (Phi) is 7.50. The second-order valence-electron chi connectivity index (χ2n) is 18.1. The molecule has 0 heterocycles. The quantitative estimate of drug-likeness (QED) is 0.172. The van der Waals surface area contributed by atoms with Crippen molar-refractivity contribution in [2.75, 3.05) is 4.90 Å². The molecule has 3 aliphatic carbocycles. The van der Waals surface area contributed by atoms with E-state index in [1.165, 1.54) is 72.6 Å². The molecule has 0 N–H and O–H groups in total. The topological polar surface area (TPSA) is 3.24 Å². The molecular weight excluding hydrogens is 663 g/mol. The summed E-state index contributed by atoms with van der Waals surface area (Å²) in [6.07, 6.45) is 4.99. The van der Waals surface area contributed by atoms with E-state index in [4.69, 9.17) is 0 Å². The van der Waals surface area contributed by atoms with E-state index in [9.17, 15) is 0 Å². The van der Waals surface area contributed by atoms with E-state index in [0.717, 1.165) is 17.8 Å². The van der Waals surface area contributed by atoms with Crippen molar-refractivity contribution < 1.29 is 0 Å². The lowest BCUT2D eigenvalue weighted by Gasteiger charge is -2.36. The van der Waals surface area contributed by atoms with E-state index < -0.39 is 0 Å². The van der Waals surface area contributed by atoms with E-state index in [2.05, 4.69) is 204 Å². The monoisotopic (exact) mass is 711 g/mol. The molecule has 1 atom stereocenters. The molecule has 0 saturated heterocycles. The Morgan fingerprint density at radius 3 is 1.93 bits per heavy atom. The van der Waals surface area contributed by atoms with Crippen molar-refractivity contribution in [3.63, 3.8) is 0 Å². The number of fused-ring (bicyclic) bond motifs is 5. The maximum absolute atomic E-state index is 2.63. The highest BCUT2D eigenvalue weighted by molar-refractivity contribution is 6.07. The molecule has 0 bridgehead atoms. The van der Waals surface area contributed by atoms with Gasteiger partial charge in [0.1, 0.15) is 0 Å². The first-order chi connectivity index (χ1) is 26.5. The smallest absolute Gasteiger partial charge is 0.0618 e. The number of benzene rings is 7. The SMILES string of the molecule is CC1(C)CC(C)(C)C2=C1C=C1c3cccc(-c4ccc5ccccc5c4N(c4ccccc4)c4ccc(-c5ccc6ccccc6c5)cc4)c3C(C)(C)C1C2. The minimum atomic E-state index is -0.0406. The first-order valence-electron chi connectivity index (χ1n) is 20.1. The van der Waals surface area contributed by atoms with Crippen molar-refractivity contribution in [3.8, 4) is 22.3 Å². The van der Waals surface area contributed by atoms with Crippen LogP contribution in [-0.4, -0.2) is 0 Å². The van der Waals surface area contributed by atoms with Gasteiger partial charge in [-0.2, -0.15) is 0 Å². The molecule has 0 amide bonds. The Labute approximate surface area is 326 Å². The van der Waals surface area contributed by atoms with Crippen molar-refractivity contribution in [1.29, 1.82) is 0 Å². The van der Waals surface area contributed by atoms with Crippen molar-refractivity contribution in [1.82, 2.24) is 0 Å². The molecular formula is C54H49N. The summed E-state index contributed by atoms with van der Waals surface area (Å²) in [5.41, 5.74) is 16.7. The van der Waals surface area contributed by atoms with Crippen LogP contribution in [0.2, 0.25) is 0 Å². The molecule has 3 aliphatic rings.